The van der Waals surface area contributed by atoms with Crippen LogP contribution >= 0.6 is 0 Å². The van der Waals surface area contributed by atoms with Crippen molar-refractivity contribution in [2.75, 3.05) is 38.3 Å². The van der Waals surface area contributed by atoms with E-state index >= 15 is 0 Å². The fourth-order valence-electron chi connectivity index (χ4n) is 3.21. The number of aromatic nitrogens is 3. The quantitative estimate of drug-likeness (QED) is 0.669. The number of ether oxygens (including phenoxy) is 2. The number of fused-ring (bicyclic) bond motifs is 1. The minimum absolute atomic E-state index is 0.314. The summed E-state index contributed by atoms with van der Waals surface area (Å²) < 4.78 is 12.1. The highest BCUT2D eigenvalue weighted by atomic mass is 16.5. The highest BCUT2D eigenvalue weighted by molar-refractivity contribution is 5.87. The van der Waals surface area contributed by atoms with Gasteiger partial charge in [-0.15, -0.1) is 5.10 Å². The van der Waals surface area contributed by atoms with Gasteiger partial charge in [0.1, 0.15) is 5.69 Å². The minimum atomic E-state index is -0.430. The molecule has 1 saturated heterocycles. The standard InChI is InChI=1S/C19H20N4O3/c1-25-19(24)16-6-4-5-14(20-16)13-15-17-7-2-3-8-23(17)21-18(15)22-9-11-26-12-10-22/h2-8H,9-13H2,1H3. The van der Waals surface area contributed by atoms with E-state index in [-0.39, 0.29) is 0 Å². The van der Waals surface area contributed by atoms with Crippen molar-refractivity contribution in [3.05, 3.63) is 59.5 Å². The van der Waals surface area contributed by atoms with E-state index in [1.165, 1.54) is 7.11 Å². The smallest absolute Gasteiger partial charge is 0.356 e. The maximum Gasteiger partial charge on any atom is 0.356 e. The molecule has 0 atom stereocenters. The van der Waals surface area contributed by atoms with Gasteiger partial charge in [-0.2, -0.15) is 0 Å². The maximum atomic E-state index is 11.8. The lowest BCUT2D eigenvalue weighted by atomic mass is 10.1. The van der Waals surface area contributed by atoms with Crippen LogP contribution in [0.15, 0.2) is 42.6 Å². The number of hydrogen-bond acceptors (Lipinski definition) is 6. The molecule has 134 valence electrons. The van der Waals surface area contributed by atoms with Gasteiger partial charge < -0.3 is 14.4 Å². The predicted molar refractivity (Wildman–Crippen MR) is 96.6 cm³/mol. The minimum Gasteiger partial charge on any atom is -0.464 e. The molecule has 0 unspecified atom stereocenters. The van der Waals surface area contributed by atoms with E-state index in [2.05, 4.69) is 16.0 Å². The molecule has 0 radical (unpaired) electrons. The number of carbonyl (C=O) groups excluding carboxylic acids is 1. The lowest BCUT2D eigenvalue weighted by Crippen LogP contribution is -2.37. The van der Waals surface area contributed by atoms with Crippen molar-refractivity contribution >= 4 is 17.3 Å². The van der Waals surface area contributed by atoms with Crippen molar-refractivity contribution in [2.45, 2.75) is 6.42 Å². The summed E-state index contributed by atoms with van der Waals surface area (Å²) >= 11 is 0. The molecule has 1 fully saturated rings. The lowest BCUT2D eigenvalue weighted by Gasteiger charge is -2.27. The third kappa shape index (κ3) is 3.13. The number of carbonyl (C=O) groups is 1. The molecular weight excluding hydrogens is 332 g/mol. The number of esters is 1. The zero-order valence-electron chi connectivity index (χ0n) is 14.6. The van der Waals surface area contributed by atoms with Crippen molar-refractivity contribution in [3.8, 4) is 0 Å². The molecule has 0 bridgehead atoms. The first-order valence-electron chi connectivity index (χ1n) is 8.59. The van der Waals surface area contributed by atoms with Crippen molar-refractivity contribution in [1.29, 1.82) is 0 Å². The number of pyridine rings is 2. The fraction of sp³-hybridized carbons (Fsp3) is 0.316. The summed E-state index contributed by atoms with van der Waals surface area (Å²) in [5.74, 6) is 0.518. The number of rotatable bonds is 4. The summed E-state index contributed by atoms with van der Waals surface area (Å²) in [6, 6.07) is 11.4. The van der Waals surface area contributed by atoms with Crippen LogP contribution in [-0.2, 0) is 15.9 Å². The zero-order valence-corrected chi connectivity index (χ0v) is 14.6. The highest BCUT2D eigenvalue weighted by Gasteiger charge is 2.21. The summed E-state index contributed by atoms with van der Waals surface area (Å²) in [5, 5.41) is 4.77. The second-order valence-electron chi connectivity index (χ2n) is 6.11. The van der Waals surface area contributed by atoms with Crippen LogP contribution in [0.25, 0.3) is 5.52 Å². The van der Waals surface area contributed by atoms with E-state index in [1.807, 2.05) is 35.0 Å². The average Bonchev–Trinajstić information content (AvgIpc) is 3.07. The van der Waals surface area contributed by atoms with Crippen LogP contribution in [0.1, 0.15) is 21.7 Å². The van der Waals surface area contributed by atoms with Gasteiger partial charge in [-0.25, -0.2) is 14.3 Å². The first-order chi connectivity index (χ1) is 12.8. The normalized spacial score (nSPS) is 14.6. The second kappa shape index (κ2) is 7.13. The lowest BCUT2D eigenvalue weighted by molar-refractivity contribution is 0.0593. The van der Waals surface area contributed by atoms with Gasteiger partial charge in [-0.1, -0.05) is 12.1 Å². The van der Waals surface area contributed by atoms with Crippen molar-refractivity contribution in [1.82, 2.24) is 14.6 Å². The number of nitrogens with zero attached hydrogens (tertiary/aromatic N) is 4. The van der Waals surface area contributed by atoms with Crippen LogP contribution in [0.4, 0.5) is 5.82 Å². The first kappa shape index (κ1) is 16.5. The fourth-order valence-corrected chi connectivity index (χ4v) is 3.21. The Morgan fingerprint density at radius 2 is 2.04 bits per heavy atom. The third-order valence-electron chi connectivity index (χ3n) is 4.49. The van der Waals surface area contributed by atoms with Crippen molar-refractivity contribution in [3.63, 3.8) is 0 Å². The zero-order chi connectivity index (χ0) is 17.9. The molecule has 0 amide bonds. The molecule has 1 aliphatic rings. The Morgan fingerprint density at radius 1 is 1.19 bits per heavy atom. The second-order valence-corrected chi connectivity index (χ2v) is 6.11. The molecule has 4 heterocycles. The van der Waals surface area contributed by atoms with Crippen LogP contribution in [0.5, 0.6) is 0 Å². The van der Waals surface area contributed by atoms with Gasteiger partial charge in [0.05, 0.1) is 25.8 Å². The Balaban J connectivity index is 1.74. The van der Waals surface area contributed by atoms with Gasteiger partial charge >= 0.3 is 5.97 Å². The summed E-state index contributed by atoms with van der Waals surface area (Å²) in [6.07, 6.45) is 2.53. The molecule has 0 spiro atoms. The highest BCUT2D eigenvalue weighted by Crippen LogP contribution is 2.27. The van der Waals surface area contributed by atoms with Crippen LogP contribution in [0.2, 0.25) is 0 Å². The average molecular weight is 352 g/mol. The van der Waals surface area contributed by atoms with Crippen LogP contribution in [0.3, 0.4) is 0 Å². The molecule has 3 aromatic heterocycles. The molecular formula is C19H20N4O3. The van der Waals surface area contributed by atoms with E-state index in [0.717, 1.165) is 35.7 Å². The number of hydrogen-bond donors (Lipinski definition) is 0. The summed E-state index contributed by atoms with van der Waals surface area (Å²) in [4.78, 5) is 18.5. The van der Waals surface area contributed by atoms with Gasteiger partial charge in [0.2, 0.25) is 0 Å². The molecule has 0 aliphatic carbocycles. The molecule has 7 nitrogen and oxygen atoms in total. The number of anilines is 1. The summed E-state index contributed by atoms with van der Waals surface area (Å²) in [7, 11) is 1.36. The Bertz CT molecular complexity index is 931. The van der Waals surface area contributed by atoms with Crippen LogP contribution in [-0.4, -0.2) is 54.0 Å². The third-order valence-corrected chi connectivity index (χ3v) is 4.49. The van der Waals surface area contributed by atoms with Gasteiger partial charge in [0.15, 0.2) is 5.82 Å². The Labute approximate surface area is 151 Å². The molecule has 7 heteroatoms. The van der Waals surface area contributed by atoms with E-state index in [4.69, 9.17) is 14.6 Å². The molecule has 0 N–H and O–H groups in total. The van der Waals surface area contributed by atoms with E-state index in [0.29, 0.717) is 25.3 Å². The van der Waals surface area contributed by atoms with Crippen LogP contribution in [0, 0.1) is 0 Å². The van der Waals surface area contributed by atoms with Gasteiger partial charge in [0, 0.05) is 37.0 Å². The Hall–Kier alpha value is -2.93. The summed E-state index contributed by atoms with van der Waals surface area (Å²) in [6.45, 7) is 3.02. The Morgan fingerprint density at radius 3 is 2.85 bits per heavy atom. The van der Waals surface area contributed by atoms with Gasteiger partial charge in [-0.05, 0) is 24.3 Å². The number of morpholine rings is 1. The molecule has 26 heavy (non-hydrogen) atoms. The molecule has 3 aromatic rings. The molecule has 4 rings (SSSR count). The van der Waals surface area contributed by atoms with E-state index in [9.17, 15) is 4.79 Å². The topological polar surface area (TPSA) is 69.0 Å². The van der Waals surface area contributed by atoms with Gasteiger partial charge in [0.25, 0.3) is 0 Å². The molecule has 1 aliphatic heterocycles. The molecule has 0 aromatic carbocycles. The SMILES string of the molecule is COC(=O)c1cccc(Cc2c(N3CCOCC3)nn3ccccc23)n1. The van der Waals surface area contributed by atoms with Crippen LogP contribution < -0.4 is 4.90 Å². The molecule has 0 saturated carbocycles. The van der Waals surface area contributed by atoms with E-state index in [1.54, 1.807) is 6.07 Å². The van der Waals surface area contributed by atoms with Crippen molar-refractivity contribution < 1.29 is 14.3 Å². The van der Waals surface area contributed by atoms with Gasteiger partial charge in [-0.3, -0.25) is 0 Å². The number of methoxy groups -OCH3 is 1. The largest absolute Gasteiger partial charge is 0.464 e. The maximum absolute atomic E-state index is 11.8. The van der Waals surface area contributed by atoms with Crippen molar-refractivity contribution in [2.24, 2.45) is 0 Å². The Kier molecular flexibility index (Phi) is 4.53. The van der Waals surface area contributed by atoms with E-state index < -0.39 is 5.97 Å². The first-order valence-corrected chi connectivity index (χ1v) is 8.59. The predicted octanol–water partition coefficient (Wildman–Crippen LogP) is 1.94. The summed E-state index contributed by atoms with van der Waals surface area (Å²) in [5.41, 5.74) is 3.26. The monoisotopic (exact) mass is 352 g/mol.